The van der Waals surface area contributed by atoms with E-state index in [1.165, 1.54) is 17.8 Å². The Bertz CT molecular complexity index is 415. The third-order valence-electron chi connectivity index (χ3n) is 2.15. The standard InChI is InChI=1S/C12H15F2NO2S/c1-8(5-16)6-18-7-12(17)15-11-3-2-9(13)4-10(11)14/h2-4,8,16H,5-7H2,1H3,(H,15,17). The van der Waals surface area contributed by atoms with Gasteiger partial charge in [-0.3, -0.25) is 4.79 Å². The molecule has 0 spiro atoms. The van der Waals surface area contributed by atoms with Gasteiger partial charge in [-0.2, -0.15) is 11.8 Å². The fourth-order valence-corrected chi connectivity index (χ4v) is 2.07. The number of rotatable bonds is 6. The summed E-state index contributed by atoms with van der Waals surface area (Å²) in [4.78, 5) is 11.5. The Morgan fingerprint density at radius 1 is 1.50 bits per heavy atom. The quantitative estimate of drug-likeness (QED) is 0.837. The van der Waals surface area contributed by atoms with Crippen molar-refractivity contribution in [3.63, 3.8) is 0 Å². The van der Waals surface area contributed by atoms with Crippen molar-refractivity contribution in [2.45, 2.75) is 6.92 Å². The summed E-state index contributed by atoms with van der Waals surface area (Å²) in [5.74, 6) is -0.897. The Labute approximate surface area is 109 Å². The first-order valence-corrected chi connectivity index (χ1v) is 6.62. The van der Waals surface area contributed by atoms with E-state index < -0.39 is 11.6 Å². The van der Waals surface area contributed by atoms with Crippen molar-refractivity contribution in [3.8, 4) is 0 Å². The maximum absolute atomic E-state index is 13.2. The lowest BCUT2D eigenvalue weighted by molar-refractivity contribution is -0.113. The van der Waals surface area contributed by atoms with E-state index in [1.54, 1.807) is 0 Å². The van der Waals surface area contributed by atoms with E-state index in [4.69, 9.17) is 5.11 Å². The molecular weight excluding hydrogens is 260 g/mol. The van der Waals surface area contributed by atoms with Crippen molar-refractivity contribution in [3.05, 3.63) is 29.8 Å². The molecule has 1 aromatic carbocycles. The van der Waals surface area contributed by atoms with Gasteiger partial charge in [0.2, 0.25) is 5.91 Å². The summed E-state index contributed by atoms with van der Waals surface area (Å²) in [6.07, 6.45) is 0. The van der Waals surface area contributed by atoms with Crippen LogP contribution in [0.5, 0.6) is 0 Å². The summed E-state index contributed by atoms with van der Waals surface area (Å²) in [6, 6.07) is 2.99. The number of hydrogen-bond donors (Lipinski definition) is 2. The molecule has 0 heterocycles. The first kappa shape index (κ1) is 14.9. The Morgan fingerprint density at radius 3 is 2.83 bits per heavy atom. The minimum Gasteiger partial charge on any atom is -0.396 e. The van der Waals surface area contributed by atoms with Gasteiger partial charge in [-0.15, -0.1) is 0 Å². The van der Waals surface area contributed by atoms with Gasteiger partial charge in [0.05, 0.1) is 11.4 Å². The zero-order valence-electron chi connectivity index (χ0n) is 9.95. The summed E-state index contributed by atoms with van der Waals surface area (Å²) >= 11 is 1.35. The van der Waals surface area contributed by atoms with Gasteiger partial charge in [0.25, 0.3) is 0 Å². The van der Waals surface area contributed by atoms with Crippen LogP contribution in [0.3, 0.4) is 0 Å². The highest BCUT2D eigenvalue weighted by Crippen LogP contribution is 2.15. The monoisotopic (exact) mass is 275 g/mol. The SMILES string of the molecule is CC(CO)CSCC(=O)Nc1ccc(F)cc1F. The molecule has 0 fully saturated rings. The van der Waals surface area contributed by atoms with Gasteiger partial charge in [-0.05, 0) is 23.8 Å². The second kappa shape index (κ2) is 7.33. The van der Waals surface area contributed by atoms with E-state index in [1.807, 2.05) is 6.92 Å². The van der Waals surface area contributed by atoms with Crippen LogP contribution in [-0.4, -0.2) is 29.1 Å². The molecule has 1 amide bonds. The Hall–Kier alpha value is -1.14. The molecule has 18 heavy (non-hydrogen) atoms. The number of carbonyl (C=O) groups excluding carboxylic acids is 1. The summed E-state index contributed by atoms with van der Waals surface area (Å²) < 4.78 is 25.9. The van der Waals surface area contributed by atoms with Gasteiger partial charge in [0.1, 0.15) is 11.6 Å². The predicted octanol–water partition coefficient (Wildman–Crippen LogP) is 2.26. The van der Waals surface area contributed by atoms with Crippen molar-refractivity contribution < 1.29 is 18.7 Å². The van der Waals surface area contributed by atoms with E-state index in [-0.39, 0.29) is 29.9 Å². The maximum atomic E-state index is 13.2. The topological polar surface area (TPSA) is 49.3 Å². The average molecular weight is 275 g/mol. The number of aliphatic hydroxyl groups excluding tert-OH is 1. The largest absolute Gasteiger partial charge is 0.396 e. The first-order chi connectivity index (χ1) is 8.52. The first-order valence-electron chi connectivity index (χ1n) is 5.46. The predicted molar refractivity (Wildman–Crippen MR) is 68.6 cm³/mol. The smallest absolute Gasteiger partial charge is 0.234 e. The number of aliphatic hydroxyl groups is 1. The van der Waals surface area contributed by atoms with Gasteiger partial charge in [0.15, 0.2) is 0 Å². The molecule has 0 aliphatic heterocycles. The van der Waals surface area contributed by atoms with E-state index in [0.29, 0.717) is 5.75 Å². The number of nitrogens with one attached hydrogen (secondary N) is 1. The number of amides is 1. The molecule has 1 aromatic rings. The zero-order chi connectivity index (χ0) is 13.5. The number of benzene rings is 1. The highest BCUT2D eigenvalue weighted by molar-refractivity contribution is 7.99. The molecule has 1 atom stereocenters. The molecule has 0 aliphatic carbocycles. The van der Waals surface area contributed by atoms with Gasteiger partial charge in [0, 0.05) is 12.7 Å². The van der Waals surface area contributed by atoms with E-state index in [0.717, 1.165) is 12.1 Å². The zero-order valence-corrected chi connectivity index (χ0v) is 10.8. The van der Waals surface area contributed by atoms with Crippen LogP contribution >= 0.6 is 11.8 Å². The molecule has 0 aliphatic rings. The average Bonchev–Trinajstić information content (AvgIpc) is 2.32. The second-order valence-electron chi connectivity index (χ2n) is 3.98. The van der Waals surface area contributed by atoms with Crippen molar-refractivity contribution >= 4 is 23.4 Å². The van der Waals surface area contributed by atoms with Gasteiger partial charge < -0.3 is 10.4 Å². The lowest BCUT2D eigenvalue weighted by Gasteiger charge is -2.08. The molecule has 3 nitrogen and oxygen atoms in total. The third kappa shape index (κ3) is 5.01. The molecule has 6 heteroatoms. The van der Waals surface area contributed by atoms with E-state index in [9.17, 15) is 13.6 Å². The lowest BCUT2D eigenvalue weighted by atomic mass is 10.2. The molecule has 1 unspecified atom stereocenters. The fraction of sp³-hybridized carbons (Fsp3) is 0.417. The molecule has 1 rings (SSSR count). The normalized spacial score (nSPS) is 12.2. The van der Waals surface area contributed by atoms with Crippen molar-refractivity contribution in [2.75, 3.05) is 23.4 Å². The number of hydrogen-bond acceptors (Lipinski definition) is 3. The highest BCUT2D eigenvalue weighted by Gasteiger charge is 2.09. The van der Waals surface area contributed by atoms with Crippen molar-refractivity contribution in [2.24, 2.45) is 5.92 Å². The fourth-order valence-electron chi connectivity index (χ4n) is 1.18. The molecular formula is C12H15F2NO2S. The van der Waals surface area contributed by atoms with Crippen LogP contribution in [0.25, 0.3) is 0 Å². The van der Waals surface area contributed by atoms with Crippen LogP contribution < -0.4 is 5.32 Å². The van der Waals surface area contributed by atoms with Gasteiger partial charge in [-0.25, -0.2) is 8.78 Å². The molecule has 0 saturated carbocycles. The molecule has 0 bridgehead atoms. The molecule has 0 radical (unpaired) electrons. The van der Waals surface area contributed by atoms with Crippen molar-refractivity contribution in [1.29, 1.82) is 0 Å². The van der Waals surface area contributed by atoms with Crippen LogP contribution in [-0.2, 0) is 4.79 Å². The highest BCUT2D eigenvalue weighted by atomic mass is 32.2. The minimum absolute atomic E-state index is 0.0304. The maximum Gasteiger partial charge on any atom is 0.234 e. The van der Waals surface area contributed by atoms with Gasteiger partial charge in [-0.1, -0.05) is 6.92 Å². The molecule has 0 saturated heterocycles. The number of halogens is 2. The summed E-state index contributed by atoms with van der Waals surface area (Å²) in [5, 5.41) is 11.2. The summed E-state index contributed by atoms with van der Waals surface area (Å²) in [7, 11) is 0. The van der Waals surface area contributed by atoms with Crippen LogP contribution in [0.2, 0.25) is 0 Å². The van der Waals surface area contributed by atoms with Crippen LogP contribution in [0.4, 0.5) is 14.5 Å². The summed E-state index contributed by atoms with van der Waals surface area (Å²) in [5.41, 5.74) is -0.0304. The Morgan fingerprint density at radius 2 is 2.22 bits per heavy atom. The lowest BCUT2D eigenvalue weighted by Crippen LogP contribution is -2.16. The number of anilines is 1. The minimum atomic E-state index is -0.794. The van der Waals surface area contributed by atoms with E-state index >= 15 is 0 Å². The summed E-state index contributed by atoms with van der Waals surface area (Å²) in [6.45, 7) is 1.94. The number of carbonyl (C=O) groups is 1. The number of thioether (sulfide) groups is 1. The Kier molecular flexibility index (Phi) is 6.07. The second-order valence-corrected chi connectivity index (χ2v) is 5.01. The van der Waals surface area contributed by atoms with Crippen molar-refractivity contribution in [1.82, 2.24) is 0 Å². The van der Waals surface area contributed by atoms with Gasteiger partial charge >= 0.3 is 0 Å². The molecule has 2 N–H and O–H groups in total. The van der Waals surface area contributed by atoms with E-state index in [2.05, 4.69) is 5.32 Å². The molecule has 100 valence electrons. The van der Waals surface area contributed by atoms with Crippen LogP contribution in [0, 0.1) is 17.6 Å². The Balaban J connectivity index is 2.40. The molecule has 0 aromatic heterocycles. The van der Waals surface area contributed by atoms with Crippen LogP contribution in [0.15, 0.2) is 18.2 Å². The van der Waals surface area contributed by atoms with Crippen LogP contribution in [0.1, 0.15) is 6.92 Å². The third-order valence-corrected chi connectivity index (χ3v) is 3.42.